The second kappa shape index (κ2) is 13.1. The maximum absolute atomic E-state index is 13.9. The van der Waals surface area contributed by atoms with Gasteiger partial charge < -0.3 is 14.2 Å². The highest BCUT2D eigenvalue weighted by atomic mass is 35.5. The number of ketones is 1. The first-order chi connectivity index (χ1) is 23.2. The molecule has 1 N–H and O–H groups in total. The molecule has 0 spiro atoms. The van der Waals surface area contributed by atoms with Crippen molar-refractivity contribution < 1.29 is 19.4 Å². The fraction of sp³-hybridized carbons (Fsp3) is 0.114. The first-order valence-electron chi connectivity index (χ1n) is 14.7. The number of nitrogens with zero attached hydrogens (tertiary/aromatic N) is 5. The van der Waals surface area contributed by atoms with Crippen LogP contribution in [0, 0.1) is 13.8 Å². The quantitative estimate of drug-likeness (QED) is 0.0548. The predicted molar refractivity (Wildman–Crippen MR) is 188 cm³/mol. The lowest BCUT2D eigenvalue weighted by molar-refractivity contribution is -0.132. The SMILES string of the molecule is Cc1cccn2c(C)c(C(O)=C3C(=O)C(=O)N(c4nnc(SCc5ccc(Cl)cc5Cl)s4)C3c3cccc(Oc4ccccc4)c3)nc12. The Morgan fingerprint density at radius 2 is 1.75 bits per heavy atom. The van der Waals surface area contributed by atoms with E-state index in [1.807, 2.05) is 66.1 Å². The van der Waals surface area contributed by atoms with Gasteiger partial charge in [0.2, 0.25) is 5.13 Å². The number of carbonyl (C=O) groups excluding carboxylic acids is 2. The number of fused-ring (bicyclic) bond motifs is 1. The summed E-state index contributed by atoms with van der Waals surface area (Å²) in [5, 5.41) is 21.7. The Morgan fingerprint density at radius 3 is 2.52 bits per heavy atom. The number of benzene rings is 3. The van der Waals surface area contributed by atoms with Gasteiger partial charge in [0.1, 0.15) is 22.8 Å². The number of rotatable bonds is 8. The van der Waals surface area contributed by atoms with E-state index in [0.29, 0.717) is 48.5 Å². The van der Waals surface area contributed by atoms with Crippen molar-refractivity contribution in [3.8, 4) is 11.5 Å². The fourth-order valence-corrected chi connectivity index (χ4v) is 7.95. The third-order valence-electron chi connectivity index (χ3n) is 7.87. The third kappa shape index (κ3) is 5.94. The van der Waals surface area contributed by atoms with Crippen LogP contribution in [-0.2, 0) is 15.3 Å². The van der Waals surface area contributed by atoms with E-state index in [9.17, 15) is 14.7 Å². The summed E-state index contributed by atoms with van der Waals surface area (Å²) in [4.78, 5) is 33.7. The molecule has 4 heterocycles. The Balaban J connectivity index is 1.32. The zero-order valence-corrected chi connectivity index (χ0v) is 28.6. The number of imidazole rings is 1. The number of Topliss-reactive ketones (excluding diaryl/α,β-unsaturated/α-hetero) is 1. The van der Waals surface area contributed by atoms with Gasteiger partial charge >= 0.3 is 5.91 Å². The Kier molecular flexibility index (Phi) is 8.69. The van der Waals surface area contributed by atoms with Crippen molar-refractivity contribution in [3.05, 3.63) is 135 Å². The van der Waals surface area contributed by atoms with Crippen LogP contribution in [0.25, 0.3) is 11.4 Å². The molecule has 1 aliphatic rings. The lowest BCUT2D eigenvalue weighted by Crippen LogP contribution is -2.29. The van der Waals surface area contributed by atoms with E-state index in [-0.39, 0.29) is 22.2 Å². The van der Waals surface area contributed by atoms with Crippen LogP contribution in [0.3, 0.4) is 0 Å². The number of aryl methyl sites for hydroxylation is 2. The van der Waals surface area contributed by atoms with Gasteiger partial charge in [0.05, 0.1) is 17.3 Å². The topological polar surface area (TPSA) is 110 Å². The van der Waals surface area contributed by atoms with Crippen LogP contribution < -0.4 is 9.64 Å². The van der Waals surface area contributed by atoms with Gasteiger partial charge in [0.25, 0.3) is 5.78 Å². The number of aromatic nitrogens is 4. The third-order valence-corrected chi connectivity index (χ3v) is 10.6. The van der Waals surface area contributed by atoms with E-state index in [2.05, 4.69) is 15.2 Å². The molecule has 1 saturated heterocycles. The Hall–Kier alpha value is -4.68. The summed E-state index contributed by atoms with van der Waals surface area (Å²) in [6.45, 7) is 3.71. The molecule has 1 unspecified atom stereocenters. The standard InChI is InChI=1S/C35H25Cl2N5O4S2/c1-19-8-7-15-41-20(2)28(38-32(19)41)30(43)27-29(21-9-6-12-25(16-21)46-24-10-4-3-5-11-24)42(33(45)31(27)44)34-39-40-35(48-34)47-18-22-13-14-23(36)17-26(22)37/h3-17,29,43H,18H2,1-2H3. The number of amides is 1. The largest absolute Gasteiger partial charge is 0.505 e. The van der Waals surface area contributed by atoms with E-state index >= 15 is 0 Å². The maximum atomic E-state index is 13.9. The number of halogens is 2. The number of thioether (sulfide) groups is 1. The van der Waals surface area contributed by atoms with E-state index in [1.54, 1.807) is 43.3 Å². The van der Waals surface area contributed by atoms with E-state index in [1.165, 1.54) is 16.7 Å². The van der Waals surface area contributed by atoms with Gasteiger partial charge in [-0.1, -0.05) is 88.8 Å². The minimum Gasteiger partial charge on any atom is -0.505 e. The first-order valence-corrected chi connectivity index (χ1v) is 17.2. The molecule has 1 fully saturated rings. The number of hydrogen-bond donors (Lipinski definition) is 1. The van der Waals surface area contributed by atoms with Gasteiger partial charge in [-0.3, -0.25) is 14.5 Å². The molecule has 3 aromatic carbocycles. The molecule has 48 heavy (non-hydrogen) atoms. The molecule has 7 rings (SSSR count). The average Bonchev–Trinajstić information content (AvgIpc) is 3.76. The zero-order chi connectivity index (χ0) is 33.5. The van der Waals surface area contributed by atoms with E-state index in [0.717, 1.165) is 22.5 Å². The number of pyridine rings is 1. The summed E-state index contributed by atoms with van der Waals surface area (Å²) in [7, 11) is 0. The molecular weight excluding hydrogens is 689 g/mol. The molecule has 1 amide bonds. The molecule has 6 aromatic rings. The molecule has 0 aliphatic carbocycles. The van der Waals surface area contributed by atoms with Crippen molar-refractivity contribution >= 4 is 74.5 Å². The minimum atomic E-state index is -1.05. The monoisotopic (exact) mass is 713 g/mol. The molecule has 0 saturated carbocycles. The number of para-hydroxylation sites is 1. The zero-order valence-electron chi connectivity index (χ0n) is 25.4. The Morgan fingerprint density at radius 1 is 0.958 bits per heavy atom. The lowest BCUT2D eigenvalue weighted by atomic mass is 9.96. The number of ether oxygens (including phenoxy) is 1. The summed E-state index contributed by atoms with van der Waals surface area (Å²) in [5.41, 5.74) is 3.62. The van der Waals surface area contributed by atoms with Crippen LogP contribution in [-0.4, -0.2) is 36.4 Å². The molecule has 1 aliphatic heterocycles. The van der Waals surface area contributed by atoms with Crippen molar-refractivity contribution in [2.75, 3.05) is 4.90 Å². The summed E-state index contributed by atoms with van der Waals surface area (Å²) >= 11 is 15.0. The van der Waals surface area contributed by atoms with Gasteiger partial charge in [0, 0.05) is 22.0 Å². The summed E-state index contributed by atoms with van der Waals surface area (Å²) in [5.74, 6) is -0.506. The highest BCUT2D eigenvalue weighted by Crippen LogP contribution is 2.45. The summed E-state index contributed by atoms with van der Waals surface area (Å²) < 4.78 is 8.49. The second-order valence-corrected chi connectivity index (χ2v) is 14.0. The van der Waals surface area contributed by atoms with Gasteiger partial charge in [-0.2, -0.15) is 0 Å². The molecule has 0 bridgehead atoms. The number of hydrogen-bond acceptors (Lipinski definition) is 9. The van der Waals surface area contributed by atoms with Gasteiger partial charge in [-0.15, -0.1) is 10.2 Å². The average molecular weight is 715 g/mol. The molecule has 1 atom stereocenters. The van der Waals surface area contributed by atoms with Crippen molar-refractivity contribution in [1.29, 1.82) is 0 Å². The van der Waals surface area contributed by atoms with Crippen molar-refractivity contribution in [1.82, 2.24) is 19.6 Å². The summed E-state index contributed by atoms with van der Waals surface area (Å²) in [6.07, 6.45) is 1.83. The fourth-order valence-electron chi connectivity index (χ4n) is 5.53. The van der Waals surface area contributed by atoms with Crippen LogP contribution in [0.5, 0.6) is 11.5 Å². The van der Waals surface area contributed by atoms with E-state index in [4.69, 9.17) is 27.9 Å². The first kappa shape index (κ1) is 31.9. The molecule has 3 aromatic heterocycles. The van der Waals surface area contributed by atoms with Crippen LogP contribution in [0.4, 0.5) is 5.13 Å². The number of anilines is 1. The van der Waals surface area contributed by atoms with E-state index < -0.39 is 17.7 Å². The number of aliphatic hydroxyl groups excluding tert-OH is 1. The normalized spacial score (nSPS) is 15.8. The van der Waals surface area contributed by atoms with Crippen LogP contribution >= 0.6 is 46.3 Å². The number of carbonyl (C=O) groups is 2. The van der Waals surface area contributed by atoms with Gasteiger partial charge in [-0.25, -0.2) is 4.98 Å². The van der Waals surface area contributed by atoms with Gasteiger partial charge in [0.15, 0.2) is 10.1 Å². The number of aliphatic hydroxyl groups is 1. The van der Waals surface area contributed by atoms with Crippen LogP contribution in [0.2, 0.25) is 10.0 Å². The summed E-state index contributed by atoms with van der Waals surface area (Å²) in [6, 6.07) is 24.3. The molecule has 9 nitrogen and oxygen atoms in total. The van der Waals surface area contributed by atoms with Crippen molar-refractivity contribution in [2.24, 2.45) is 0 Å². The molecular formula is C35H25Cl2N5O4S2. The van der Waals surface area contributed by atoms with Crippen LogP contribution in [0.15, 0.2) is 101 Å². The molecule has 240 valence electrons. The highest BCUT2D eigenvalue weighted by Gasteiger charge is 2.49. The van der Waals surface area contributed by atoms with Crippen molar-refractivity contribution in [3.63, 3.8) is 0 Å². The highest BCUT2D eigenvalue weighted by molar-refractivity contribution is 8.00. The van der Waals surface area contributed by atoms with Crippen LogP contribution in [0.1, 0.15) is 34.1 Å². The lowest BCUT2D eigenvalue weighted by Gasteiger charge is -2.23. The second-order valence-electron chi connectivity index (χ2n) is 11.0. The maximum Gasteiger partial charge on any atom is 0.301 e. The molecule has 13 heteroatoms. The van der Waals surface area contributed by atoms with Gasteiger partial charge in [-0.05, 0) is 73.0 Å². The smallest absolute Gasteiger partial charge is 0.301 e. The Labute approximate surface area is 293 Å². The minimum absolute atomic E-state index is 0.113. The van der Waals surface area contributed by atoms with Crippen molar-refractivity contribution in [2.45, 2.75) is 30.0 Å². The predicted octanol–water partition coefficient (Wildman–Crippen LogP) is 8.82. The molecule has 0 radical (unpaired) electrons. The Bertz CT molecular complexity index is 2250.